The number of carbonyl (C=O) groups is 4. The Morgan fingerprint density at radius 2 is 1.64 bits per heavy atom. The zero-order chi connectivity index (χ0) is 19.8. The number of carboxylic acid groups (broad SMARTS) is 1. The Morgan fingerprint density at radius 3 is 2.08 bits per heavy atom. The average molecular weight is 359 g/mol. The highest BCUT2D eigenvalue weighted by molar-refractivity contribution is 5.91. The van der Waals surface area contributed by atoms with Gasteiger partial charge in [-0.2, -0.15) is 0 Å². The number of esters is 2. The van der Waals surface area contributed by atoms with Gasteiger partial charge in [-0.3, -0.25) is 4.79 Å². The Balaban J connectivity index is 4.77. The van der Waals surface area contributed by atoms with Crippen molar-refractivity contribution in [3.8, 4) is 0 Å². The molecular weight excluding hydrogens is 334 g/mol. The quantitative estimate of drug-likeness (QED) is 0.382. The minimum absolute atomic E-state index is 0.328. The van der Waals surface area contributed by atoms with Crippen LogP contribution in [0, 0.1) is 11.3 Å². The van der Waals surface area contributed by atoms with Gasteiger partial charge in [0.25, 0.3) is 0 Å². The van der Waals surface area contributed by atoms with Gasteiger partial charge in [-0.25, -0.2) is 14.4 Å². The summed E-state index contributed by atoms with van der Waals surface area (Å²) in [5.74, 6) is -4.06. The number of hydrogen-bond donors (Lipinski definition) is 3. The van der Waals surface area contributed by atoms with E-state index in [-0.39, 0.29) is 12.5 Å². The van der Waals surface area contributed by atoms with E-state index in [1.807, 2.05) is 0 Å². The van der Waals surface area contributed by atoms with Gasteiger partial charge in [0.05, 0.1) is 13.7 Å². The van der Waals surface area contributed by atoms with Gasteiger partial charge >= 0.3 is 17.9 Å². The van der Waals surface area contributed by atoms with E-state index >= 15 is 0 Å². The summed E-state index contributed by atoms with van der Waals surface area (Å²) in [5.41, 5.74) is -1.18. The van der Waals surface area contributed by atoms with E-state index in [0.717, 1.165) is 19.3 Å². The van der Waals surface area contributed by atoms with Gasteiger partial charge < -0.3 is 25.0 Å². The number of methoxy groups -OCH3 is 1. The predicted octanol–water partition coefficient (Wildman–Crippen LogP) is -0.129. The van der Waals surface area contributed by atoms with E-state index in [1.165, 1.54) is 13.8 Å². The summed E-state index contributed by atoms with van der Waals surface area (Å²) >= 11 is 0. The lowest BCUT2D eigenvalue weighted by Crippen LogP contribution is -2.52. The van der Waals surface area contributed by atoms with Crippen molar-refractivity contribution in [3.05, 3.63) is 12.2 Å². The Hall–Kier alpha value is -2.42. The topological polar surface area (TPSA) is 139 Å². The first-order valence-corrected chi connectivity index (χ1v) is 7.56. The lowest BCUT2D eigenvalue weighted by atomic mass is 9.86. The molecule has 9 nitrogen and oxygen atoms in total. The third-order valence-electron chi connectivity index (χ3n) is 3.36. The summed E-state index contributed by atoms with van der Waals surface area (Å²) in [6.45, 7) is 5.85. The molecule has 9 heteroatoms. The smallest absolute Gasteiger partial charge is 0.331 e. The SMILES string of the molecule is COC(=O)/C=C/C(=O)OCC(C)(C)[C@@H](O)C(=O)N[C@H](C(=O)O)C(C)C. The van der Waals surface area contributed by atoms with E-state index < -0.39 is 41.4 Å². The Morgan fingerprint density at radius 1 is 1.12 bits per heavy atom. The Kier molecular flexibility index (Phi) is 8.83. The summed E-state index contributed by atoms with van der Waals surface area (Å²) in [5, 5.41) is 21.5. The van der Waals surface area contributed by atoms with Crippen molar-refractivity contribution in [1.29, 1.82) is 0 Å². The van der Waals surface area contributed by atoms with E-state index in [1.54, 1.807) is 13.8 Å². The molecule has 0 bridgehead atoms. The summed E-state index contributed by atoms with van der Waals surface area (Å²) < 4.78 is 9.20. The summed E-state index contributed by atoms with van der Waals surface area (Å²) in [7, 11) is 1.15. The first-order chi connectivity index (χ1) is 11.4. The van der Waals surface area contributed by atoms with Gasteiger partial charge in [-0.15, -0.1) is 0 Å². The zero-order valence-electron chi connectivity index (χ0n) is 14.9. The van der Waals surface area contributed by atoms with Crippen LogP contribution in [0.1, 0.15) is 27.7 Å². The number of ether oxygens (including phenoxy) is 2. The largest absolute Gasteiger partial charge is 0.480 e. The number of amides is 1. The average Bonchev–Trinajstić information content (AvgIpc) is 2.53. The van der Waals surface area contributed by atoms with Crippen LogP contribution < -0.4 is 5.32 Å². The first-order valence-electron chi connectivity index (χ1n) is 7.56. The maximum Gasteiger partial charge on any atom is 0.331 e. The van der Waals surface area contributed by atoms with Crippen LogP contribution >= 0.6 is 0 Å². The molecule has 0 fully saturated rings. The minimum Gasteiger partial charge on any atom is -0.480 e. The number of rotatable bonds is 9. The van der Waals surface area contributed by atoms with Crippen LogP contribution in [0.15, 0.2) is 12.2 Å². The molecule has 2 atom stereocenters. The number of aliphatic carboxylic acids is 1. The van der Waals surface area contributed by atoms with Crippen molar-refractivity contribution >= 4 is 23.8 Å². The van der Waals surface area contributed by atoms with Crippen LogP contribution in [0.25, 0.3) is 0 Å². The molecule has 0 heterocycles. The van der Waals surface area contributed by atoms with E-state index in [2.05, 4.69) is 10.1 Å². The summed E-state index contributed by atoms with van der Waals surface area (Å²) in [6.07, 6.45) is 0.122. The lowest BCUT2D eigenvalue weighted by Gasteiger charge is -2.30. The number of nitrogens with one attached hydrogen (secondary N) is 1. The number of carboxylic acids is 1. The summed E-state index contributed by atoms with van der Waals surface area (Å²) in [6, 6.07) is -1.15. The fraction of sp³-hybridized carbons (Fsp3) is 0.625. The number of aliphatic hydroxyl groups is 1. The monoisotopic (exact) mass is 359 g/mol. The van der Waals surface area contributed by atoms with Crippen molar-refractivity contribution in [2.24, 2.45) is 11.3 Å². The highest BCUT2D eigenvalue weighted by atomic mass is 16.5. The molecular formula is C16H25NO8. The second-order valence-corrected chi connectivity index (χ2v) is 6.42. The van der Waals surface area contributed by atoms with Gasteiger partial charge in [0.1, 0.15) is 12.1 Å². The normalized spacial score (nSPS) is 14.0. The van der Waals surface area contributed by atoms with Crippen molar-refractivity contribution in [2.45, 2.75) is 39.8 Å². The third kappa shape index (κ3) is 7.79. The van der Waals surface area contributed by atoms with Gasteiger partial charge in [0.15, 0.2) is 0 Å². The lowest BCUT2D eigenvalue weighted by molar-refractivity contribution is -0.151. The van der Waals surface area contributed by atoms with Crippen molar-refractivity contribution in [3.63, 3.8) is 0 Å². The Bertz CT molecular complexity index is 538. The molecule has 1 amide bonds. The van der Waals surface area contributed by atoms with Crippen LogP contribution in [-0.4, -0.2) is 59.9 Å². The molecule has 0 saturated carbocycles. The standard InChI is InChI=1S/C16H25NO8/c1-9(2)12(15(22)23)17-14(21)13(20)16(3,4)8-25-11(19)7-6-10(18)24-5/h6-7,9,12-13,20H,8H2,1-5H3,(H,17,21)(H,22,23)/b7-6+/t12-,13-/m0/s1. The van der Waals surface area contributed by atoms with Crippen molar-refractivity contribution < 1.29 is 38.9 Å². The van der Waals surface area contributed by atoms with E-state index in [0.29, 0.717) is 0 Å². The molecule has 0 aliphatic rings. The highest BCUT2D eigenvalue weighted by Crippen LogP contribution is 2.22. The molecule has 0 unspecified atom stereocenters. The first kappa shape index (κ1) is 22.6. The second-order valence-electron chi connectivity index (χ2n) is 6.42. The van der Waals surface area contributed by atoms with Gasteiger partial charge in [-0.1, -0.05) is 27.7 Å². The van der Waals surface area contributed by atoms with Crippen LogP contribution in [0.2, 0.25) is 0 Å². The van der Waals surface area contributed by atoms with Crippen LogP contribution in [-0.2, 0) is 28.7 Å². The molecule has 142 valence electrons. The Labute approximate surface area is 146 Å². The molecule has 3 N–H and O–H groups in total. The molecule has 0 aliphatic heterocycles. The molecule has 0 aromatic carbocycles. The third-order valence-corrected chi connectivity index (χ3v) is 3.36. The second kappa shape index (κ2) is 9.77. The summed E-state index contributed by atoms with van der Waals surface area (Å²) in [4.78, 5) is 45.5. The maximum absolute atomic E-state index is 12.1. The van der Waals surface area contributed by atoms with Crippen molar-refractivity contribution in [2.75, 3.05) is 13.7 Å². The van der Waals surface area contributed by atoms with E-state index in [9.17, 15) is 24.3 Å². The van der Waals surface area contributed by atoms with E-state index in [4.69, 9.17) is 9.84 Å². The zero-order valence-corrected chi connectivity index (χ0v) is 14.9. The predicted molar refractivity (Wildman–Crippen MR) is 86.3 cm³/mol. The van der Waals surface area contributed by atoms with Crippen molar-refractivity contribution in [1.82, 2.24) is 5.32 Å². The molecule has 0 radical (unpaired) electrons. The van der Waals surface area contributed by atoms with Gasteiger partial charge in [-0.05, 0) is 5.92 Å². The molecule has 0 aromatic heterocycles. The van der Waals surface area contributed by atoms with Gasteiger partial charge in [0.2, 0.25) is 5.91 Å². The molecule has 0 spiro atoms. The highest BCUT2D eigenvalue weighted by Gasteiger charge is 2.37. The molecule has 0 aliphatic carbocycles. The fourth-order valence-corrected chi connectivity index (χ4v) is 1.69. The molecule has 25 heavy (non-hydrogen) atoms. The molecule has 0 rings (SSSR count). The van der Waals surface area contributed by atoms with Crippen LogP contribution in [0.4, 0.5) is 0 Å². The molecule has 0 aromatic rings. The molecule has 0 saturated heterocycles. The maximum atomic E-state index is 12.1. The fourth-order valence-electron chi connectivity index (χ4n) is 1.69. The number of hydrogen-bond acceptors (Lipinski definition) is 7. The van der Waals surface area contributed by atoms with Crippen LogP contribution in [0.5, 0.6) is 0 Å². The number of aliphatic hydroxyl groups excluding tert-OH is 1. The minimum atomic E-state index is -1.61. The van der Waals surface area contributed by atoms with Gasteiger partial charge in [0, 0.05) is 17.6 Å². The van der Waals surface area contributed by atoms with Crippen LogP contribution in [0.3, 0.4) is 0 Å². The number of carbonyl (C=O) groups excluding carboxylic acids is 3.